The maximum absolute atomic E-state index is 9.31. The summed E-state index contributed by atoms with van der Waals surface area (Å²) in [6.45, 7) is 4.38. The molecule has 0 bridgehead atoms. The zero-order chi connectivity index (χ0) is 13.0. The molecule has 2 heterocycles. The summed E-state index contributed by atoms with van der Waals surface area (Å²) in [6.07, 6.45) is 1.64. The molecule has 0 aliphatic rings. The molecule has 0 radical (unpaired) electrons. The third-order valence-electron chi connectivity index (χ3n) is 2.46. The van der Waals surface area contributed by atoms with Gasteiger partial charge in [-0.1, -0.05) is 19.9 Å². The Kier molecular flexibility index (Phi) is 4.28. The summed E-state index contributed by atoms with van der Waals surface area (Å²) < 4.78 is 5.63. The van der Waals surface area contributed by atoms with E-state index in [1.165, 1.54) is 0 Å². The maximum atomic E-state index is 9.31. The summed E-state index contributed by atoms with van der Waals surface area (Å²) >= 11 is 1.64. The summed E-state index contributed by atoms with van der Waals surface area (Å²) in [6, 6.07) is 3.99. The van der Waals surface area contributed by atoms with Gasteiger partial charge < -0.3 is 9.84 Å². The van der Waals surface area contributed by atoms with Gasteiger partial charge in [-0.15, -0.1) is 11.3 Å². The number of rotatable bonds is 5. The fourth-order valence-electron chi connectivity index (χ4n) is 1.48. The first-order chi connectivity index (χ1) is 8.70. The van der Waals surface area contributed by atoms with Crippen LogP contribution in [-0.4, -0.2) is 15.1 Å². The molecular weight excluding hydrogens is 248 g/mol. The van der Waals surface area contributed by atoms with Gasteiger partial charge in [0.15, 0.2) is 5.75 Å². The molecule has 2 aromatic heterocycles. The molecule has 4 nitrogen and oxygen atoms in total. The highest BCUT2D eigenvalue weighted by atomic mass is 32.1. The molecule has 2 rings (SSSR count). The molecule has 0 amide bonds. The van der Waals surface area contributed by atoms with Crippen LogP contribution < -0.4 is 4.74 Å². The lowest BCUT2D eigenvalue weighted by atomic mass is 10.2. The lowest BCUT2D eigenvalue weighted by Gasteiger charge is -2.10. The van der Waals surface area contributed by atoms with Crippen molar-refractivity contribution in [2.75, 3.05) is 0 Å². The number of hydrogen-bond donors (Lipinski definition) is 1. The van der Waals surface area contributed by atoms with Gasteiger partial charge >= 0.3 is 0 Å². The standard InChI is InChI=1S/C13H16N2O2S/c1-9(2)13-14-6-12(11(7-16)15-13)17-8-10-4-3-5-18-10/h3-6,9,16H,7-8H2,1-2H3. The molecule has 0 saturated carbocycles. The lowest BCUT2D eigenvalue weighted by molar-refractivity contribution is 0.252. The molecule has 1 N–H and O–H groups in total. The summed E-state index contributed by atoms with van der Waals surface area (Å²) in [5, 5.41) is 11.3. The van der Waals surface area contributed by atoms with Gasteiger partial charge in [0.2, 0.25) is 0 Å². The van der Waals surface area contributed by atoms with Gasteiger partial charge in [-0.3, -0.25) is 0 Å². The number of aliphatic hydroxyl groups excluding tert-OH is 1. The second kappa shape index (κ2) is 5.93. The normalized spacial score (nSPS) is 10.9. The van der Waals surface area contributed by atoms with Gasteiger partial charge in [0.25, 0.3) is 0 Å². The smallest absolute Gasteiger partial charge is 0.162 e. The number of aromatic nitrogens is 2. The largest absolute Gasteiger partial charge is 0.484 e. The van der Waals surface area contributed by atoms with E-state index in [0.29, 0.717) is 18.1 Å². The zero-order valence-electron chi connectivity index (χ0n) is 10.5. The maximum Gasteiger partial charge on any atom is 0.162 e. The molecule has 0 aromatic carbocycles. The topological polar surface area (TPSA) is 55.2 Å². The van der Waals surface area contributed by atoms with E-state index >= 15 is 0 Å². The van der Waals surface area contributed by atoms with E-state index in [2.05, 4.69) is 9.97 Å². The Balaban J connectivity index is 2.12. The van der Waals surface area contributed by atoms with Gasteiger partial charge in [0.05, 0.1) is 12.8 Å². The highest BCUT2D eigenvalue weighted by Gasteiger charge is 2.10. The predicted molar refractivity (Wildman–Crippen MR) is 70.7 cm³/mol. The first kappa shape index (κ1) is 13.0. The van der Waals surface area contributed by atoms with E-state index in [9.17, 15) is 5.11 Å². The molecule has 0 fully saturated rings. The number of ether oxygens (including phenoxy) is 1. The number of hydrogen-bond acceptors (Lipinski definition) is 5. The first-order valence-electron chi connectivity index (χ1n) is 5.82. The second-order valence-corrected chi connectivity index (χ2v) is 5.25. The van der Waals surface area contributed by atoms with E-state index in [-0.39, 0.29) is 12.5 Å². The average Bonchev–Trinajstić information content (AvgIpc) is 2.89. The Morgan fingerprint density at radius 3 is 2.89 bits per heavy atom. The lowest BCUT2D eigenvalue weighted by Crippen LogP contribution is -2.05. The quantitative estimate of drug-likeness (QED) is 0.902. The third kappa shape index (κ3) is 3.05. The van der Waals surface area contributed by atoms with Crippen LogP contribution in [0.25, 0.3) is 0 Å². The Morgan fingerprint density at radius 2 is 2.28 bits per heavy atom. The van der Waals surface area contributed by atoms with Crippen molar-refractivity contribution < 1.29 is 9.84 Å². The van der Waals surface area contributed by atoms with Crippen molar-refractivity contribution in [2.24, 2.45) is 0 Å². The molecule has 0 spiro atoms. The second-order valence-electron chi connectivity index (χ2n) is 4.22. The number of aliphatic hydroxyl groups is 1. The molecule has 0 unspecified atom stereocenters. The molecular formula is C13H16N2O2S. The summed E-state index contributed by atoms with van der Waals surface area (Å²) in [5.41, 5.74) is 0.547. The fourth-order valence-corrected chi connectivity index (χ4v) is 2.09. The van der Waals surface area contributed by atoms with Crippen LogP contribution in [0, 0.1) is 0 Å². The average molecular weight is 264 g/mol. The van der Waals surface area contributed by atoms with Crippen molar-refractivity contribution >= 4 is 11.3 Å². The van der Waals surface area contributed by atoms with Gasteiger partial charge in [-0.2, -0.15) is 0 Å². The van der Waals surface area contributed by atoms with Crippen molar-refractivity contribution in [3.8, 4) is 5.75 Å². The van der Waals surface area contributed by atoms with Crippen molar-refractivity contribution in [3.05, 3.63) is 40.1 Å². The number of thiophene rings is 1. The Hall–Kier alpha value is -1.46. The van der Waals surface area contributed by atoms with Gasteiger partial charge in [-0.25, -0.2) is 9.97 Å². The van der Waals surface area contributed by atoms with Crippen LogP contribution in [0.5, 0.6) is 5.75 Å². The van der Waals surface area contributed by atoms with Crippen LogP contribution in [0.15, 0.2) is 23.7 Å². The van der Waals surface area contributed by atoms with Crippen molar-refractivity contribution in [3.63, 3.8) is 0 Å². The molecule has 0 aliphatic carbocycles. The van der Waals surface area contributed by atoms with E-state index in [1.54, 1.807) is 17.5 Å². The van der Waals surface area contributed by atoms with Crippen LogP contribution in [0.3, 0.4) is 0 Å². The van der Waals surface area contributed by atoms with Gasteiger partial charge in [0.1, 0.15) is 18.1 Å². The fraction of sp³-hybridized carbons (Fsp3) is 0.385. The minimum absolute atomic E-state index is 0.137. The predicted octanol–water partition coefficient (Wildman–Crippen LogP) is 2.73. The SMILES string of the molecule is CC(C)c1ncc(OCc2cccs2)c(CO)n1. The molecule has 96 valence electrons. The Labute approximate surface area is 110 Å². The summed E-state index contributed by atoms with van der Waals surface area (Å²) in [4.78, 5) is 9.68. The van der Waals surface area contributed by atoms with Crippen LogP contribution in [-0.2, 0) is 13.2 Å². The summed E-state index contributed by atoms with van der Waals surface area (Å²) in [5.74, 6) is 1.51. The molecule has 0 aliphatic heterocycles. The Morgan fingerprint density at radius 1 is 1.44 bits per heavy atom. The minimum atomic E-state index is -0.137. The highest BCUT2D eigenvalue weighted by molar-refractivity contribution is 7.09. The van der Waals surface area contributed by atoms with Crippen LogP contribution in [0.4, 0.5) is 0 Å². The van der Waals surface area contributed by atoms with E-state index in [0.717, 1.165) is 10.7 Å². The van der Waals surface area contributed by atoms with E-state index < -0.39 is 0 Å². The van der Waals surface area contributed by atoms with Crippen molar-refractivity contribution in [1.82, 2.24) is 9.97 Å². The minimum Gasteiger partial charge on any atom is -0.484 e. The number of nitrogens with zero attached hydrogens (tertiary/aromatic N) is 2. The van der Waals surface area contributed by atoms with E-state index in [1.807, 2.05) is 31.4 Å². The summed E-state index contributed by atoms with van der Waals surface area (Å²) in [7, 11) is 0. The van der Waals surface area contributed by atoms with Crippen molar-refractivity contribution in [2.45, 2.75) is 33.0 Å². The Bertz CT molecular complexity index is 498. The van der Waals surface area contributed by atoms with Crippen LogP contribution in [0.2, 0.25) is 0 Å². The molecule has 18 heavy (non-hydrogen) atoms. The molecule has 5 heteroatoms. The highest BCUT2D eigenvalue weighted by Crippen LogP contribution is 2.20. The van der Waals surface area contributed by atoms with Gasteiger partial charge in [-0.05, 0) is 11.4 Å². The molecule has 2 aromatic rings. The third-order valence-corrected chi connectivity index (χ3v) is 3.31. The van der Waals surface area contributed by atoms with Crippen LogP contribution >= 0.6 is 11.3 Å². The van der Waals surface area contributed by atoms with Crippen LogP contribution in [0.1, 0.15) is 36.2 Å². The zero-order valence-corrected chi connectivity index (χ0v) is 11.3. The monoisotopic (exact) mass is 264 g/mol. The van der Waals surface area contributed by atoms with Crippen molar-refractivity contribution in [1.29, 1.82) is 0 Å². The first-order valence-corrected chi connectivity index (χ1v) is 6.70. The molecule has 0 saturated heterocycles. The van der Waals surface area contributed by atoms with E-state index in [4.69, 9.17) is 4.74 Å². The van der Waals surface area contributed by atoms with Gasteiger partial charge in [0, 0.05) is 10.8 Å². The molecule has 0 atom stereocenters.